The average Bonchev–Trinajstić information content (AvgIpc) is 2.14. The van der Waals surface area contributed by atoms with E-state index in [0.717, 1.165) is 0 Å². The van der Waals surface area contributed by atoms with Crippen LogP contribution < -0.4 is 11.2 Å². The summed E-state index contributed by atoms with van der Waals surface area (Å²) in [5.74, 6) is 0. The molecular formula is C5H16N2O4Si. The van der Waals surface area contributed by atoms with Crippen LogP contribution in [-0.2, 0) is 17.8 Å². The van der Waals surface area contributed by atoms with Crippen molar-refractivity contribution in [1.82, 2.24) is 5.48 Å². The lowest BCUT2D eigenvalue weighted by molar-refractivity contribution is -0.0282. The lowest BCUT2D eigenvalue weighted by atomic mass is 10.7. The minimum absolute atomic E-state index is 0.474. The summed E-state index contributed by atoms with van der Waals surface area (Å²) in [5.41, 5.74) is 7.82. The standard InChI is InChI=1S/C5H16N2O4Si/c1-8-12(9-2,10-3)11-7-5-4-6/h7H,4-6H2,1-3H3. The molecule has 0 aliphatic carbocycles. The fourth-order valence-corrected chi connectivity index (χ4v) is 1.60. The highest BCUT2D eigenvalue weighted by atomic mass is 28.4. The Bertz CT molecular complexity index is 103. The van der Waals surface area contributed by atoms with Crippen LogP contribution in [-0.4, -0.2) is 43.5 Å². The first-order chi connectivity index (χ1) is 5.74. The fraction of sp³-hybridized carbons (Fsp3) is 1.00. The monoisotopic (exact) mass is 196 g/mol. The van der Waals surface area contributed by atoms with Gasteiger partial charge in [-0.25, -0.2) is 5.48 Å². The van der Waals surface area contributed by atoms with Gasteiger partial charge in [0.2, 0.25) is 0 Å². The molecule has 6 nitrogen and oxygen atoms in total. The zero-order valence-electron chi connectivity index (χ0n) is 7.62. The average molecular weight is 196 g/mol. The van der Waals surface area contributed by atoms with Gasteiger partial charge in [-0.1, -0.05) is 0 Å². The maximum absolute atomic E-state index is 5.23. The van der Waals surface area contributed by atoms with Crippen molar-refractivity contribution < 1.29 is 17.8 Å². The van der Waals surface area contributed by atoms with Gasteiger partial charge in [0.25, 0.3) is 0 Å². The molecule has 3 N–H and O–H groups in total. The summed E-state index contributed by atoms with van der Waals surface area (Å²) in [4.78, 5) is 0. The summed E-state index contributed by atoms with van der Waals surface area (Å²) < 4.78 is 19.9. The van der Waals surface area contributed by atoms with E-state index in [2.05, 4.69) is 5.48 Å². The predicted octanol–water partition coefficient (Wildman–Crippen LogP) is -1.16. The van der Waals surface area contributed by atoms with Crippen LogP contribution in [0.1, 0.15) is 0 Å². The van der Waals surface area contributed by atoms with Crippen LogP contribution in [0.15, 0.2) is 0 Å². The molecule has 0 aromatic heterocycles. The van der Waals surface area contributed by atoms with E-state index in [1.807, 2.05) is 0 Å². The van der Waals surface area contributed by atoms with Crippen molar-refractivity contribution in [2.24, 2.45) is 5.73 Å². The third-order valence-corrected chi connectivity index (χ3v) is 3.09. The van der Waals surface area contributed by atoms with Crippen molar-refractivity contribution in [2.45, 2.75) is 0 Å². The Hall–Kier alpha value is -0.0231. The lowest BCUT2D eigenvalue weighted by Gasteiger charge is -2.22. The number of nitrogens with one attached hydrogen (secondary N) is 1. The van der Waals surface area contributed by atoms with Crippen molar-refractivity contribution in [3.05, 3.63) is 0 Å². The molecule has 0 unspecified atom stereocenters. The molecule has 0 atom stereocenters. The van der Waals surface area contributed by atoms with E-state index >= 15 is 0 Å². The third kappa shape index (κ3) is 3.58. The highest BCUT2D eigenvalue weighted by Gasteiger charge is 2.42. The van der Waals surface area contributed by atoms with Gasteiger partial charge in [0.1, 0.15) is 0 Å². The SMILES string of the molecule is CO[Si](OC)(OC)ONCCN. The molecule has 74 valence electrons. The van der Waals surface area contributed by atoms with Crippen LogP contribution in [0.3, 0.4) is 0 Å². The van der Waals surface area contributed by atoms with Crippen LogP contribution >= 0.6 is 0 Å². The topological polar surface area (TPSA) is 75.0 Å². The molecule has 0 saturated heterocycles. The summed E-state index contributed by atoms with van der Waals surface area (Å²) in [6.45, 7) is 0.993. The molecule has 0 amide bonds. The summed E-state index contributed by atoms with van der Waals surface area (Å²) >= 11 is 0. The van der Waals surface area contributed by atoms with Gasteiger partial charge in [0.15, 0.2) is 0 Å². The summed E-state index contributed by atoms with van der Waals surface area (Å²) in [7, 11) is 1.46. The summed E-state index contributed by atoms with van der Waals surface area (Å²) in [5, 5.41) is 0. The lowest BCUT2D eigenvalue weighted by Crippen LogP contribution is -2.50. The quantitative estimate of drug-likeness (QED) is 0.304. The maximum atomic E-state index is 5.23. The molecule has 12 heavy (non-hydrogen) atoms. The molecule has 0 rings (SSSR count). The second kappa shape index (κ2) is 6.49. The highest BCUT2D eigenvalue weighted by Crippen LogP contribution is 2.04. The number of nitrogens with two attached hydrogens (primary N) is 1. The molecule has 0 bridgehead atoms. The van der Waals surface area contributed by atoms with Crippen molar-refractivity contribution >= 4 is 9.05 Å². The van der Waals surface area contributed by atoms with Crippen LogP contribution in [0.25, 0.3) is 0 Å². The van der Waals surface area contributed by atoms with Crippen LogP contribution in [0.2, 0.25) is 0 Å². The molecule has 0 heterocycles. The molecule has 0 saturated carbocycles. The van der Waals surface area contributed by atoms with Gasteiger partial charge in [-0.2, -0.15) is 0 Å². The first-order valence-electron chi connectivity index (χ1n) is 3.51. The predicted molar refractivity (Wildman–Crippen MR) is 44.9 cm³/mol. The van der Waals surface area contributed by atoms with Gasteiger partial charge < -0.3 is 19.0 Å². The molecule has 0 radical (unpaired) electrons. The molecule has 0 aliphatic heterocycles. The largest absolute Gasteiger partial charge is 0.696 e. The maximum Gasteiger partial charge on any atom is 0.696 e. The Balaban J connectivity index is 3.76. The summed E-state index contributed by atoms with van der Waals surface area (Å²) in [6.07, 6.45) is 0. The molecule has 0 aromatic rings. The van der Waals surface area contributed by atoms with E-state index in [1.165, 1.54) is 21.3 Å². The second-order valence-electron chi connectivity index (χ2n) is 1.90. The Kier molecular flexibility index (Phi) is 6.48. The van der Waals surface area contributed by atoms with E-state index in [0.29, 0.717) is 13.1 Å². The minimum Gasteiger partial charge on any atom is -0.354 e. The number of rotatable bonds is 7. The van der Waals surface area contributed by atoms with Crippen LogP contribution in [0.4, 0.5) is 0 Å². The van der Waals surface area contributed by atoms with Crippen molar-refractivity contribution in [3.63, 3.8) is 0 Å². The normalized spacial score (nSPS) is 12.0. The number of hydrogen-bond donors (Lipinski definition) is 2. The minimum atomic E-state index is -2.92. The Morgan fingerprint density at radius 3 is 2.00 bits per heavy atom. The van der Waals surface area contributed by atoms with Gasteiger partial charge in [0, 0.05) is 34.4 Å². The van der Waals surface area contributed by atoms with Crippen molar-refractivity contribution in [2.75, 3.05) is 34.4 Å². The second-order valence-corrected chi connectivity index (χ2v) is 4.33. The van der Waals surface area contributed by atoms with Gasteiger partial charge in [-0.3, -0.25) is 4.53 Å². The van der Waals surface area contributed by atoms with E-state index < -0.39 is 9.05 Å². The Morgan fingerprint density at radius 2 is 1.67 bits per heavy atom. The summed E-state index contributed by atoms with van der Waals surface area (Å²) in [6, 6.07) is 0. The van der Waals surface area contributed by atoms with Gasteiger partial charge >= 0.3 is 9.05 Å². The third-order valence-electron chi connectivity index (χ3n) is 1.19. The van der Waals surface area contributed by atoms with Gasteiger partial charge in [-0.05, 0) is 0 Å². The zero-order chi connectivity index (χ0) is 9.45. The smallest absolute Gasteiger partial charge is 0.354 e. The molecule has 0 aromatic carbocycles. The highest BCUT2D eigenvalue weighted by molar-refractivity contribution is 6.53. The van der Waals surface area contributed by atoms with Crippen LogP contribution in [0.5, 0.6) is 0 Å². The van der Waals surface area contributed by atoms with E-state index in [-0.39, 0.29) is 0 Å². The zero-order valence-corrected chi connectivity index (χ0v) is 8.62. The molecule has 0 aliphatic rings. The van der Waals surface area contributed by atoms with Gasteiger partial charge in [0.05, 0.1) is 0 Å². The first kappa shape index (κ1) is 12.0. The van der Waals surface area contributed by atoms with Crippen molar-refractivity contribution in [1.29, 1.82) is 0 Å². The molecule has 0 spiro atoms. The van der Waals surface area contributed by atoms with E-state index in [1.54, 1.807) is 0 Å². The van der Waals surface area contributed by atoms with E-state index in [9.17, 15) is 0 Å². The van der Waals surface area contributed by atoms with E-state index in [4.69, 9.17) is 23.5 Å². The number of hydrogen-bond acceptors (Lipinski definition) is 6. The molecular weight excluding hydrogens is 180 g/mol. The first-order valence-corrected chi connectivity index (χ1v) is 5.14. The Labute approximate surface area is 73.4 Å². The Morgan fingerprint density at radius 1 is 1.17 bits per heavy atom. The van der Waals surface area contributed by atoms with Crippen LogP contribution in [0, 0.1) is 0 Å². The fourth-order valence-electron chi connectivity index (χ4n) is 0.573. The van der Waals surface area contributed by atoms with Crippen molar-refractivity contribution in [3.8, 4) is 0 Å². The number of hydroxylamine groups is 1. The molecule has 0 fully saturated rings. The molecule has 7 heteroatoms. The van der Waals surface area contributed by atoms with Gasteiger partial charge in [-0.15, -0.1) is 0 Å².